The van der Waals surface area contributed by atoms with Gasteiger partial charge in [-0.05, 0) is 50.7 Å². The van der Waals surface area contributed by atoms with E-state index in [-0.39, 0.29) is 23.9 Å². The van der Waals surface area contributed by atoms with Crippen molar-refractivity contribution in [2.45, 2.75) is 31.2 Å². The fraction of sp³-hybridized carbons (Fsp3) is 0.444. The van der Waals surface area contributed by atoms with E-state index in [9.17, 15) is 31.4 Å². The molecule has 2 heterocycles. The van der Waals surface area contributed by atoms with Crippen LogP contribution in [0.5, 0.6) is 5.75 Å². The van der Waals surface area contributed by atoms with Crippen LogP contribution >= 0.6 is 0 Å². The fourth-order valence-corrected chi connectivity index (χ4v) is 3.32. The van der Waals surface area contributed by atoms with E-state index in [1.54, 1.807) is 0 Å². The van der Waals surface area contributed by atoms with Crippen molar-refractivity contribution in [1.82, 2.24) is 15.1 Å². The molecule has 1 aromatic heterocycles. The van der Waals surface area contributed by atoms with Crippen molar-refractivity contribution in [3.8, 4) is 17.0 Å². The van der Waals surface area contributed by atoms with Gasteiger partial charge < -0.3 is 15.3 Å². The number of piperidine rings is 1. The molecule has 0 unspecified atom stereocenters. The number of aromatic nitrogens is 2. The molecule has 0 spiro atoms. The molecule has 0 bridgehead atoms. The number of likely N-dealkylation sites (N-methyl/N-ethyl adjacent to an activating group) is 1. The number of hydrogen-bond donors (Lipinski definition) is 2. The Hall–Kier alpha value is -2.56. The molecule has 158 valence electrons. The van der Waals surface area contributed by atoms with E-state index in [1.165, 1.54) is 12.1 Å². The van der Waals surface area contributed by atoms with Gasteiger partial charge in [-0.3, -0.25) is 0 Å². The fourth-order valence-electron chi connectivity index (χ4n) is 3.32. The van der Waals surface area contributed by atoms with Crippen molar-refractivity contribution < 1.29 is 31.4 Å². The average molecular weight is 420 g/mol. The van der Waals surface area contributed by atoms with Crippen LogP contribution in [0.1, 0.15) is 24.0 Å². The number of rotatable bonds is 3. The van der Waals surface area contributed by atoms with Crippen molar-refractivity contribution in [2.24, 2.45) is 0 Å². The zero-order chi connectivity index (χ0) is 21.4. The monoisotopic (exact) mass is 420 g/mol. The summed E-state index contributed by atoms with van der Waals surface area (Å²) in [5.41, 5.74) is -4.45. The van der Waals surface area contributed by atoms with Gasteiger partial charge in [0.2, 0.25) is 0 Å². The lowest BCUT2D eigenvalue weighted by Crippen LogP contribution is -2.39. The summed E-state index contributed by atoms with van der Waals surface area (Å²) in [4.78, 5) is 2.12. The van der Waals surface area contributed by atoms with E-state index in [0.29, 0.717) is 5.82 Å². The minimum atomic E-state index is -5.13. The Kier molecular flexibility index (Phi) is 5.61. The maximum absolute atomic E-state index is 13.4. The summed E-state index contributed by atoms with van der Waals surface area (Å²) >= 11 is 0. The Labute approximate surface area is 162 Å². The Morgan fingerprint density at radius 2 is 1.79 bits per heavy atom. The number of aromatic hydroxyl groups is 1. The van der Waals surface area contributed by atoms with Gasteiger partial charge in [-0.25, -0.2) is 0 Å². The lowest BCUT2D eigenvalue weighted by atomic mass is 9.99. The average Bonchev–Trinajstić information content (AvgIpc) is 2.60. The minimum Gasteiger partial charge on any atom is -0.507 e. The second kappa shape index (κ2) is 7.69. The first-order chi connectivity index (χ1) is 13.4. The predicted octanol–water partition coefficient (Wildman–Crippen LogP) is 4.39. The maximum atomic E-state index is 13.4. The van der Waals surface area contributed by atoms with Crippen molar-refractivity contribution in [3.05, 3.63) is 35.4 Å². The zero-order valence-corrected chi connectivity index (χ0v) is 15.3. The molecule has 3 rings (SSSR count). The second-order valence-electron chi connectivity index (χ2n) is 6.96. The first-order valence-electron chi connectivity index (χ1n) is 8.75. The molecule has 1 aliphatic rings. The van der Waals surface area contributed by atoms with Gasteiger partial charge in [-0.1, -0.05) is 0 Å². The molecular formula is C18H18F6N4O. The van der Waals surface area contributed by atoms with Crippen LogP contribution in [0.15, 0.2) is 24.3 Å². The summed E-state index contributed by atoms with van der Waals surface area (Å²) in [6, 6.07) is 2.86. The number of halogens is 6. The summed E-state index contributed by atoms with van der Waals surface area (Å²) in [6.45, 7) is 1.73. The number of nitrogens with zero attached hydrogens (tertiary/aromatic N) is 3. The minimum absolute atomic E-state index is 0.0409. The number of benzene rings is 1. The second-order valence-corrected chi connectivity index (χ2v) is 6.96. The molecule has 1 aromatic carbocycles. The van der Waals surface area contributed by atoms with E-state index in [2.05, 4.69) is 20.4 Å². The van der Waals surface area contributed by atoms with Crippen LogP contribution in [-0.4, -0.2) is 46.4 Å². The predicted molar refractivity (Wildman–Crippen MR) is 93.3 cm³/mol. The van der Waals surface area contributed by atoms with Crippen molar-refractivity contribution >= 4 is 5.82 Å². The summed E-state index contributed by atoms with van der Waals surface area (Å²) in [6.07, 6.45) is -8.29. The van der Waals surface area contributed by atoms with Crippen LogP contribution in [0.3, 0.4) is 0 Å². The Balaban J connectivity index is 1.93. The number of anilines is 1. The first-order valence-corrected chi connectivity index (χ1v) is 8.75. The highest BCUT2D eigenvalue weighted by molar-refractivity contribution is 5.72. The Morgan fingerprint density at radius 1 is 1.07 bits per heavy atom. The molecule has 11 heteroatoms. The van der Waals surface area contributed by atoms with Gasteiger partial charge in [0.1, 0.15) is 11.6 Å². The van der Waals surface area contributed by atoms with Crippen LogP contribution in [0, 0.1) is 0 Å². The highest BCUT2D eigenvalue weighted by Crippen LogP contribution is 2.44. The number of hydrogen-bond acceptors (Lipinski definition) is 5. The molecule has 0 radical (unpaired) electrons. The van der Waals surface area contributed by atoms with E-state index >= 15 is 0 Å². The largest absolute Gasteiger partial charge is 0.507 e. The lowest BCUT2D eigenvalue weighted by Gasteiger charge is -2.30. The highest BCUT2D eigenvalue weighted by atomic mass is 19.4. The Bertz CT molecular complexity index is 866. The maximum Gasteiger partial charge on any atom is 0.417 e. The SMILES string of the molecule is CN1CCC[C@@H](Nc2ccc(-c3c(O)cc(C(F)(F)F)cc3C(F)(F)F)nn2)C1. The standard InChI is InChI=1S/C18H18F6N4O/c1-28-6-2-3-11(9-28)25-15-5-4-13(26-27-15)16-12(18(22,23)24)7-10(8-14(16)29)17(19,20)21/h4-5,7-8,11,29H,2-3,6,9H2,1H3,(H,25,27)/t11-/m1/s1. The van der Waals surface area contributed by atoms with Crippen LogP contribution in [-0.2, 0) is 12.4 Å². The molecule has 5 nitrogen and oxygen atoms in total. The number of alkyl halides is 6. The van der Waals surface area contributed by atoms with E-state index in [0.717, 1.165) is 25.9 Å². The summed E-state index contributed by atoms with van der Waals surface area (Å²) in [5, 5.41) is 20.6. The third kappa shape index (κ3) is 4.89. The summed E-state index contributed by atoms with van der Waals surface area (Å²) in [5.74, 6) is -0.843. The molecule has 2 N–H and O–H groups in total. The number of phenolic OH excluding ortho intramolecular Hbond substituents is 1. The zero-order valence-electron chi connectivity index (χ0n) is 15.3. The van der Waals surface area contributed by atoms with Crippen molar-refractivity contribution in [2.75, 3.05) is 25.5 Å². The van der Waals surface area contributed by atoms with Crippen LogP contribution in [0.4, 0.5) is 32.2 Å². The molecule has 1 atom stereocenters. The topological polar surface area (TPSA) is 61.3 Å². The van der Waals surface area contributed by atoms with Gasteiger partial charge in [-0.15, -0.1) is 10.2 Å². The number of nitrogens with one attached hydrogen (secondary N) is 1. The van der Waals surface area contributed by atoms with Crippen LogP contribution in [0.2, 0.25) is 0 Å². The van der Waals surface area contributed by atoms with Gasteiger partial charge in [0, 0.05) is 12.6 Å². The molecule has 2 aromatic rings. The van der Waals surface area contributed by atoms with Gasteiger partial charge >= 0.3 is 12.4 Å². The molecule has 0 saturated carbocycles. The van der Waals surface area contributed by atoms with Gasteiger partial charge in [0.05, 0.1) is 22.4 Å². The van der Waals surface area contributed by atoms with Crippen LogP contribution < -0.4 is 5.32 Å². The van der Waals surface area contributed by atoms with E-state index in [1.807, 2.05) is 7.05 Å². The number of likely N-dealkylation sites (tertiary alicyclic amines) is 1. The third-order valence-corrected chi connectivity index (χ3v) is 4.65. The summed E-state index contributed by atoms with van der Waals surface area (Å²) < 4.78 is 78.7. The van der Waals surface area contributed by atoms with E-state index < -0.39 is 34.8 Å². The smallest absolute Gasteiger partial charge is 0.417 e. The molecule has 0 amide bonds. The van der Waals surface area contributed by atoms with Gasteiger partial charge in [0.15, 0.2) is 0 Å². The lowest BCUT2D eigenvalue weighted by molar-refractivity contribution is -0.142. The molecule has 29 heavy (non-hydrogen) atoms. The molecule has 1 saturated heterocycles. The van der Waals surface area contributed by atoms with Gasteiger partial charge in [-0.2, -0.15) is 26.3 Å². The van der Waals surface area contributed by atoms with Crippen LogP contribution in [0.25, 0.3) is 11.3 Å². The van der Waals surface area contributed by atoms with Gasteiger partial charge in [0.25, 0.3) is 0 Å². The van der Waals surface area contributed by atoms with Crippen molar-refractivity contribution in [3.63, 3.8) is 0 Å². The normalized spacial score (nSPS) is 18.7. The summed E-state index contributed by atoms with van der Waals surface area (Å²) in [7, 11) is 1.97. The first kappa shape index (κ1) is 21.2. The molecular weight excluding hydrogens is 402 g/mol. The molecule has 0 aliphatic carbocycles. The highest BCUT2D eigenvalue weighted by Gasteiger charge is 2.40. The Morgan fingerprint density at radius 3 is 2.34 bits per heavy atom. The quantitative estimate of drug-likeness (QED) is 0.722. The van der Waals surface area contributed by atoms with Crippen molar-refractivity contribution in [1.29, 1.82) is 0 Å². The van der Waals surface area contributed by atoms with E-state index in [4.69, 9.17) is 0 Å². The molecule has 1 aliphatic heterocycles. The third-order valence-electron chi connectivity index (χ3n) is 4.65. The molecule has 1 fully saturated rings. The number of phenols is 1.